The summed E-state index contributed by atoms with van der Waals surface area (Å²) in [5, 5.41) is 41.3. The molecule has 1 fully saturated rings. The maximum Gasteiger partial charge on any atom is 0.481 e. The van der Waals surface area contributed by atoms with Crippen LogP contribution in [0.5, 0.6) is 0 Å². The molecular weight excluding hydrogens is 977 g/mol. The Hall–Kier alpha value is -3.36. The number of unbranched alkanes of at least 4 members (excludes halogenated alkanes) is 17. The van der Waals surface area contributed by atoms with E-state index >= 15 is 0 Å². The van der Waals surface area contributed by atoms with Crippen LogP contribution in [-0.2, 0) is 46.3 Å². The number of esters is 2. The smallest absolute Gasteiger partial charge is 0.462 e. The number of rotatable bonds is 42. The number of nitrogens with two attached hydrogens (primary N) is 1. The molecule has 1 aliphatic heterocycles. The largest absolute Gasteiger partial charge is 0.481 e. The van der Waals surface area contributed by atoms with Crippen LogP contribution < -0.4 is 11.4 Å². The topological polar surface area (TPSA) is 306 Å². The summed E-state index contributed by atoms with van der Waals surface area (Å²) in [6.07, 6.45) is 28.1. The number of anilines is 1. The van der Waals surface area contributed by atoms with E-state index in [2.05, 4.69) is 29.2 Å². The first-order chi connectivity index (χ1) is 34.5. The predicted octanol–water partition coefficient (Wildman–Crippen LogP) is 8.50. The number of phosphoric acid groups is 2. The molecule has 1 aromatic heterocycles. The number of hydrogen-bond donors (Lipinski definition) is 7. The van der Waals surface area contributed by atoms with Gasteiger partial charge in [-0.15, -0.1) is 0 Å². The van der Waals surface area contributed by atoms with Crippen LogP contribution in [-0.4, -0.2) is 108 Å². The molecule has 0 radical (unpaired) electrons. The number of nitrogens with zero attached hydrogens (tertiary/aromatic N) is 2. The second-order valence-corrected chi connectivity index (χ2v) is 21.1. The lowest BCUT2D eigenvalue weighted by molar-refractivity contribution is -0.161. The average molecular weight is 1060 g/mol. The fourth-order valence-corrected chi connectivity index (χ4v) is 9.62. The van der Waals surface area contributed by atoms with Crippen molar-refractivity contribution in [3.8, 4) is 0 Å². The maximum atomic E-state index is 12.9. The number of aliphatic hydroxyl groups excluding tert-OH is 4. The summed E-state index contributed by atoms with van der Waals surface area (Å²) in [6, 6.07) is 1.23. The third kappa shape index (κ3) is 30.7. The number of phosphoric ester groups is 2. The molecule has 72 heavy (non-hydrogen) atoms. The summed E-state index contributed by atoms with van der Waals surface area (Å²) in [5.41, 5.74) is 4.57. The molecule has 2 unspecified atom stereocenters. The van der Waals surface area contributed by atoms with Crippen molar-refractivity contribution in [2.24, 2.45) is 0 Å². The van der Waals surface area contributed by atoms with Gasteiger partial charge in [-0.2, -0.15) is 9.29 Å². The van der Waals surface area contributed by atoms with E-state index in [-0.39, 0.29) is 31.5 Å². The molecule has 1 saturated heterocycles. The molecule has 9 atom stereocenters. The molecule has 8 N–H and O–H groups in total. The van der Waals surface area contributed by atoms with E-state index in [1.54, 1.807) is 36.5 Å². The lowest BCUT2D eigenvalue weighted by Crippen LogP contribution is -2.36. The van der Waals surface area contributed by atoms with Gasteiger partial charge < -0.3 is 50.2 Å². The van der Waals surface area contributed by atoms with E-state index in [9.17, 15) is 53.7 Å². The number of carbonyl (C=O) groups excluding carboxylic acids is 2. The van der Waals surface area contributed by atoms with Crippen LogP contribution >= 0.6 is 15.6 Å². The highest BCUT2D eigenvalue weighted by Gasteiger charge is 2.46. The molecule has 0 saturated carbocycles. The van der Waals surface area contributed by atoms with Crippen molar-refractivity contribution in [3.63, 3.8) is 0 Å². The predicted molar refractivity (Wildman–Crippen MR) is 273 cm³/mol. The van der Waals surface area contributed by atoms with Crippen molar-refractivity contribution in [2.75, 3.05) is 25.6 Å². The minimum Gasteiger partial charge on any atom is -0.462 e. The van der Waals surface area contributed by atoms with Crippen LogP contribution in [0.15, 0.2) is 65.7 Å². The van der Waals surface area contributed by atoms with Gasteiger partial charge in [0.1, 0.15) is 30.7 Å². The van der Waals surface area contributed by atoms with Gasteiger partial charge in [0.2, 0.25) is 0 Å². The van der Waals surface area contributed by atoms with Crippen molar-refractivity contribution in [3.05, 3.63) is 71.4 Å². The van der Waals surface area contributed by atoms with Crippen molar-refractivity contribution in [1.29, 1.82) is 0 Å². The Morgan fingerprint density at radius 3 is 1.90 bits per heavy atom. The first-order valence-electron chi connectivity index (χ1n) is 25.9. The Kier molecular flexibility index (Phi) is 34.4. The van der Waals surface area contributed by atoms with Crippen molar-refractivity contribution >= 4 is 33.4 Å². The van der Waals surface area contributed by atoms with Gasteiger partial charge in [0, 0.05) is 19.0 Å². The molecule has 0 aliphatic carbocycles. The SMILES string of the molecule is CCCCC/C=C\C[C@@H](O)/C=C/C=C/C=C\[C@@H](O)CCCC(=O)OC[C@H](COP(=O)(O)OP(=O)(O)OC[C@H]1O[C@@H](n2ccc(N)nc2=O)[C@H](O)[C@@H]1O)OC(=O)CCCCCCCCCCCCCCCCC. The van der Waals surface area contributed by atoms with E-state index in [0.717, 1.165) is 55.7 Å². The third-order valence-electron chi connectivity index (χ3n) is 11.6. The van der Waals surface area contributed by atoms with Crippen LogP contribution in [0, 0.1) is 0 Å². The van der Waals surface area contributed by atoms with Crippen LogP contribution in [0.4, 0.5) is 5.82 Å². The Morgan fingerprint density at radius 2 is 1.29 bits per heavy atom. The highest BCUT2D eigenvalue weighted by Crippen LogP contribution is 2.60. The number of aliphatic hydroxyl groups is 4. The minimum absolute atomic E-state index is 0.000519. The molecule has 22 heteroatoms. The van der Waals surface area contributed by atoms with Crippen molar-refractivity contribution in [1.82, 2.24) is 9.55 Å². The monoisotopic (exact) mass is 1060 g/mol. The fraction of sp³-hybridized carbons (Fsp3) is 0.720. The van der Waals surface area contributed by atoms with Gasteiger partial charge in [0.05, 0.1) is 25.4 Å². The molecule has 1 aliphatic rings. The van der Waals surface area contributed by atoms with Gasteiger partial charge in [-0.05, 0) is 44.6 Å². The van der Waals surface area contributed by atoms with Crippen LogP contribution in [0.2, 0.25) is 0 Å². The Balaban J connectivity index is 1.86. The zero-order valence-electron chi connectivity index (χ0n) is 42.4. The fourth-order valence-electron chi connectivity index (χ4n) is 7.51. The van der Waals surface area contributed by atoms with Gasteiger partial charge in [0.15, 0.2) is 12.3 Å². The van der Waals surface area contributed by atoms with E-state index < -0.39 is 95.9 Å². The number of hydrogen-bond acceptors (Lipinski definition) is 17. The summed E-state index contributed by atoms with van der Waals surface area (Å²) >= 11 is 0. The van der Waals surface area contributed by atoms with Gasteiger partial charge in [-0.1, -0.05) is 165 Å². The maximum absolute atomic E-state index is 12.9. The van der Waals surface area contributed by atoms with E-state index in [0.29, 0.717) is 12.8 Å². The molecule has 2 heterocycles. The zero-order valence-corrected chi connectivity index (χ0v) is 44.2. The summed E-state index contributed by atoms with van der Waals surface area (Å²) in [4.78, 5) is 61.9. The van der Waals surface area contributed by atoms with Crippen LogP contribution in [0.25, 0.3) is 0 Å². The number of carbonyl (C=O) groups is 2. The third-order valence-corrected chi connectivity index (χ3v) is 14.2. The first-order valence-corrected chi connectivity index (χ1v) is 28.9. The lowest BCUT2D eigenvalue weighted by Gasteiger charge is -2.21. The molecule has 0 spiro atoms. The highest BCUT2D eigenvalue weighted by atomic mass is 31.3. The number of ether oxygens (including phenoxy) is 3. The summed E-state index contributed by atoms with van der Waals surface area (Å²) in [5.74, 6) is -1.55. The second kappa shape index (κ2) is 38.2. The number of allylic oxidation sites excluding steroid dienone is 5. The van der Waals surface area contributed by atoms with Gasteiger partial charge in [-0.3, -0.25) is 23.2 Å². The molecule has 0 aromatic carbocycles. The van der Waals surface area contributed by atoms with Crippen LogP contribution in [0.1, 0.15) is 174 Å². The quantitative estimate of drug-likeness (QED) is 0.0106. The molecule has 0 amide bonds. The first kappa shape index (κ1) is 64.8. The van der Waals surface area contributed by atoms with E-state index in [1.807, 2.05) is 6.08 Å². The van der Waals surface area contributed by atoms with E-state index in [1.165, 1.54) is 76.7 Å². The molecular formula is C50H85N3O17P2. The summed E-state index contributed by atoms with van der Waals surface area (Å²) in [6.45, 7) is 1.86. The standard InChI is InChI=1S/C50H85N3O17P2/c1-3-5-7-9-11-12-13-14-15-16-17-18-19-21-27-33-46(57)68-42(37-65-45(56)34-28-32-41(55)31-26-23-22-25-30-40(54)29-24-20-10-8-6-4-2)38-66-71(61,62)70-72(63,64)67-39-43-47(58)48(59)49(69-43)53-36-35-44(51)52-50(53)60/h20,22-26,30-31,35-36,40-43,47-49,54-55,58-59H,3-19,21,27-29,32-34,37-39H2,1-2H3,(H,61,62)(H,63,64)(H2,51,52,60)/b23-22+,24-20-,30-25+,31-26-/t40-,41-,42-,43-,47-,48-,49-/m1/s1. The average Bonchev–Trinajstić information content (AvgIpc) is 3.61. The molecule has 412 valence electrons. The van der Waals surface area contributed by atoms with Crippen molar-refractivity contribution < 1.29 is 76.5 Å². The lowest BCUT2D eigenvalue weighted by atomic mass is 10.0. The van der Waals surface area contributed by atoms with Gasteiger partial charge in [-0.25, -0.2) is 13.9 Å². The van der Waals surface area contributed by atoms with Crippen LogP contribution in [0.3, 0.4) is 0 Å². The zero-order chi connectivity index (χ0) is 53.0. The summed E-state index contributed by atoms with van der Waals surface area (Å²) < 4.78 is 56.6. The normalized spacial score (nSPS) is 20.3. The minimum atomic E-state index is -5.47. The highest BCUT2D eigenvalue weighted by molar-refractivity contribution is 7.61. The summed E-state index contributed by atoms with van der Waals surface area (Å²) in [7, 11) is -10.9. The van der Waals surface area contributed by atoms with Gasteiger partial charge >= 0.3 is 33.3 Å². The van der Waals surface area contributed by atoms with E-state index in [4.69, 9.17) is 29.0 Å². The molecule has 0 bridgehead atoms. The number of nitrogen functional groups attached to an aromatic ring is 1. The molecule has 2 rings (SSSR count). The Labute approximate surface area is 425 Å². The number of aromatic nitrogens is 2. The Morgan fingerprint density at radius 1 is 0.736 bits per heavy atom. The molecule has 20 nitrogen and oxygen atoms in total. The van der Waals surface area contributed by atoms with Gasteiger partial charge in [0.25, 0.3) is 0 Å². The Bertz CT molecular complexity index is 1930. The molecule has 1 aromatic rings. The second-order valence-electron chi connectivity index (χ2n) is 18.1. The van der Waals surface area contributed by atoms with Crippen molar-refractivity contribution in [2.45, 2.75) is 211 Å².